The Balaban J connectivity index is 1.57. The number of imidazole rings is 1. The van der Waals surface area contributed by atoms with Gasteiger partial charge in [-0.15, -0.1) is 0 Å². The fourth-order valence-electron chi connectivity index (χ4n) is 4.63. The molecule has 1 aromatic carbocycles. The molecule has 4 heterocycles. The summed E-state index contributed by atoms with van der Waals surface area (Å²) in [6.45, 7) is 5.66. The highest BCUT2D eigenvalue weighted by molar-refractivity contribution is 6.30. The molecule has 1 saturated heterocycles. The Bertz CT molecular complexity index is 1550. The normalized spacial score (nSPS) is 20.8. The number of aliphatic hydroxyl groups is 1. The second-order valence-corrected chi connectivity index (χ2v) is 10.3. The van der Waals surface area contributed by atoms with Gasteiger partial charge in [0, 0.05) is 43.2 Å². The number of carbonyl (C=O) groups is 1. The van der Waals surface area contributed by atoms with E-state index in [4.69, 9.17) is 21.1 Å². The number of carbonyl (C=O) groups excluding carboxylic acids is 1. The van der Waals surface area contributed by atoms with Crippen LogP contribution in [-0.2, 0) is 20.8 Å². The molecule has 4 atom stereocenters. The van der Waals surface area contributed by atoms with E-state index < -0.39 is 30.4 Å². The number of nitrogens with zero attached hydrogens (tertiary/aromatic N) is 5. The highest BCUT2D eigenvalue weighted by Gasteiger charge is 2.49. The molecule has 1 aliphatic heterocycles. The fourth-order valence-corrected chi connectivity index (χ4v) is 4.80. The molecule has 0 aliphatic carbocycles. The molecule has 3 aromatic heterocycles. The lowest BCUT2D eigenvalue weighted by molar-refractivity contribution is -0.139. The van der Waals surface area contributed by atoms with Crippen molar-refractivity contribution in [3.63, 3.8) is 0 Å². The van der Waals surface area contributed by atoms with Gasteiger partial charge in [-0.05, 0) is 32.9 Å². The third-order valence-electron chi connectivity index (χ3n) is 6.48. The topological polar surface area (TPSA) is 136 Å². The van der Waals surface area contributed by atoms with Crippen LogP contribution in [-0.4, -0.2) is 67.0 Å². The van der Waals surface area contributed by atoms with Crippen LogP contribution in [0, 0.1) is 12.7 Å². The number of anilines is 1. The third-order valence-corrected chi connectivity index (χ3v) is 6.69. The highest BCUT2D eigenvalue weighted by Crippen LogP contribution is 2.35. The summed E-state index contributed by atoms with van der Waals surface area (Å²) >= 11 is 6.17. The molecule has 0 radical (unpaired) electrons. The van der Waals surface area contributed by atoms with E-state index in [1.165, 1.54) is 30.3 Å². The lowest BCUT2D eigenvalue weighted by atomic mass is 10.1. The van der Waals surface area contributed by atoms with Crippen LogP contribution in [0.3, 0.4) is 0 Å². The van der Waals surface area contributed by atoms with E-state index in [0.29, 0.717) is 33.1 Å². The zero-order valence-electron chi connectivity index (χ0n) is 22.3. The van der Waals surface area contributed by atoms with E-state index in [1.807, 2.05) is 20.8 Å². The van der Waals surface area contributed by atoms with Crippen molar-refractivity contribution >= 4 is 34.5 Å². The molecule has 40 heavy (non-hydrogen) atoms. The van der Waals surface area contributed by atoms with Gasteiger partial charge in [-0.25, -0.2) is 19.3 Å². The number of methoxy groups -OCH3 is 1. The van der Waals surface area contributed by atoms with Gasteiger partial charge in [0.25, 0.3) is 5.91 Å². The Kier molecular flexibility index (Phi) is 7.95. The molecule has 4 aromatic rings. The molecule has 0 saturated carbocycles. The molecule has 3 N–H and O–H groups in total. The summed E-state index contributed by atoms with van der Waals surface area (Å²) in [5, 5.41) is 17.5. The number of aryl methyl sites for hydroxylation is 1. The second kappa shape index (κ2) is 11.4. The average Bonchev–Trinajstić information content (AvgIpc) is 3.49. The smallest absolute Gasteiger partial charge is 0.252 e. The van der Waals surface area contributed by atoms with E-state index in [2.05, 4.69) is 30.6 Å². The molecular formula is C27H29ClFN7O4. The van der Waals surface area contributed by atoms with Crippen LogP contribution in [0.25, 0.3) is 22.6 Å². The maximum absolute atomic E-state index is 14.5. The number of aromatic nitrogens is 5. The average molecular weight is 570 g/mol. The molecule has 5 rings (SSSR count). The quantitative estimate of drug-likeness (QED) is 0.291. The predicted octanol–water partition coefficient (Wildman–Crippen LogP) is 3.40. The van der Waals surface area contributed by atoms with Crippen molar-refractivity contribution in [3.8, 4) is 11.4 Å². The lowest BCUT2D eigenvalue weighted by Gasteiger charge is -2.19. The molecule has 0 spiro atoms. The van der Waals surface area contributed by atoms with Crippen LogP contribution >= 0.6 is 11.6 Å². The number of halogens is 2. The molecule has 1 fully saturated rings. The minimum absolute atomic E-state index is 0.130. The summed E-state index contributed by atoms with van der Waals surface area (Å²) in [5.41, 5.74) is 2.56. The van der Waals surface area contributed by atoms with Gasteiger partial charge in [-0.3, -0.25) is 14.3 Å². The molecule has 1 aliphatic rings. The second-order valence-electron chi connectivity index (χ2n) is 9.86. The van der Waals surface area contributed by atoms with Gasteiger partial charge in [0.1, 0.15) is 18.0 Å². The maximum atomic E-state index is 14.5. The van der Waals surface area contributed by atoms with Crippen LogP contribution in [0.1, 0.15) is 31.2 Å². The number of amides is 1. The first-order valence-corrected chi connectivity index (χ1v) is 13.0. The summed E-state index contributed by atoms with van der Waals surface area (Å²) in [6.07, 6.45) is 0.248. The Morgan fingerprint density at radius 3 is 2.80 bits per heavy atom. The number of fused-ring (bicyclic) bond motifs is 1. The summed E-state index contributed by atoms with van der Waals surface area (Å²) in [6, 6.07) is 6.39. The zero-order valence-corrected chi connectivity index (χ0v) is 23.1. The number of nitrogens with one attached hydrogen (secondary N) is 2. The van der Waals surface area contributed by atoms with Crippen LogP contribution in [0.15, 0.2) is 43.0 Å². The molecule has 1 unspecified atom stereocenters. The number of hydrogen-bond donors (Lipinski definition) is 3. The Labute approximate surface area is 234 Å². The molecule has 1 amide bonds. The summed E-state index contributed by atoms with van der Waals surface area (Å²) in [5.74, 6) is -0.173. The number of hydrogen-bond acceptors (Lipinski definition) is 9. The van der Waals surface area contributed by atoms with E-state index in [0.717, 1.165) is 5.56 Å². The van der Waals surface area contributed by atoms with Gasteiger partial charge in [0.2, 0.25) is 0 Å². The van der Waals surface area contributed by atoms with Crippen molar-refractivity contribution in [2.75, 3.05) is 12.4 Å². The van der Waals surface area contributed by atoms with Crippen LogP contribution in [0.2, 0.25) is 5.02 Å². The van der Waals surface area contributed by atoms with E-state index in [-0.39, 0.29) is 24.2 Å². The number of ether oxygens (including phenoxy) is 2. The molecule has 210 valence electrons. The molecule has 11 nitrogen and oxygen atoms in total. The predicted molar refractivity (Wildman–Crippen MR) is 146 cm³/mol. The van der Waals surface area contributed by atoms with Crippen LogP contribution < -0.4 is 10.6 Å². The summed E-state index contributed by atoms with van der Waals surface area (Å²) in [7, 11) is 1.40. The van der Waals surface area contributed by atoms with E-state index >= 15 is 0 Å². The maximum Gasteiger partial charge on any atom is 0.252 e. The zero-order chi connectivity index (χ0) is 28.6. The van der Waals surface area contributed by atoms with E-state index in [1.54, 1.807) is 24.4 Å². The van der Waals surface area contributed by atoms with Gasteiger partial charge < -0.3 is 25.2 Å². The minimum atomic E-state index is -1.21. The van der Waals surface area contributed by atoms with Crippen molar-refractivity contribution in [1.29, 1.82) is 0 Å². The molecular weight excluding hydrogens is 541 g/mol. The number of rotatable bonds is 8. The number of benzene rings is 1. The monoisotopic (exact) mass is 569 g/mol. The van der Waals surface area contributed by atoms with Crippen molar-refractivity contribution in [1.82, 2.24) is 29.8 Å². The SMILES string of the molecule is COC1[C@@H](C(=O)NC(C)C)O[C@@H](n2cnc3c(NCc4cc(C)ccc4F)nc(-c4cncc(Cl)c4)nc32)[C@@H]1O. The Hall–Kier alpha value is -3.71. The highest BCUT2D eigenvalue weighted by atomic mass is 35.5. The van der Waals surface area contributed by atoms with Crippen molar-refractivity contribution < 1.29 is 23.8 Å². The first kappa shape index (κ1) is 27.8. The minimum Gasteiger partial charge on any atom is -0.386 e. The molecule has 0 bridgehead atoms. The van der Waals surface area contributed by atoms with Crippen molar-refractivity contribution in [2.24, 2.45) is 0 Å². The first-order valence-electron chi connectivity index (χ1n) is 12.7. The third kappa shape index (κ3) is 5.48. The van der Waals surface area contributed by atoms with Gasteiger partial charge >= 0.3 is 0 Å². The molecule has 13 heteroatoms. The largest absolute Gasteiger partial charge is 0.386 e. The fraction of sp³-hybridized carbons (Fsp3) is 0.370. The van der Waals surface area contributed by atoms with Crippen LogP contribution in [0.5, 0.6) is 0 Å². The Morgan fingerprint density at radius 2 is 2.08 bits per heavy atom. The van der Waals surface area contributed by atoms with Crippen molar-refractivity contribution in [2.45, 2.75) is 57.9 Å². The van der Waals surface area contributed by atoms with E-state index in [9.17, 15) is 14.3 Å². The van der Waals surface area contributed by atoms with Gasteiger partial charge in [-0.1, -0.05) is 29.3 Å². The van der Waals surface area contributed by atoms with Crippen molar-refractivity contribution in [3.05, 3.63) is 65.0 Å². The van der Waals surface area contributed by atoms with Gasteiger partial charge in [-0.2, -0.15) is 0 Å². The Morgan fingerprint density at radius 1 is 1.27 bits per heavy atom. The number of aliphatic hydroxyl groups excluding tert-OH is 1. The lowest BCUT2D eigenvalue weighted by Crippen LogP contribution is -2.45. The summed E-state index contributed by atoms with van der Waals surface area (Å²) in [4.78, 5) is 30.7. The summed E-state index contributed by atoms with van der Waals surface area (Å²) < 4.78 is 27.5. The first-order chi connectivity index (χ1) is 19.2. The van der Waals surface area contributed by atoms with Gasteiger partial charge in [0.05, 0.1) is 11.3 Å². The number of pyridine rings is 1. The standard InChI is InChI=1S/C27H29ClFN7O4/c1-13(2)33-26(38)22-21(39-4)20(37)27(40-22)36-12-32-19-24(31-10-15-7-14(3)5-6-18(15)29)34-23(35-25(19)36)16-8-17(28)11-30-9-16/h5-9,11-13,20-22,27,37H,10H2,1-4H3,(H,33,38)(H,31,34,35)/t20-,21?,22+,27-/m1/s1. The van der Waals surface area contributed by atoms with Crippen LogP contribution in [0.4, 0.5) is 10.2 Å². The van der Waals surface area contributed by atoms with Gasteiger partial charge in [0.15, 0.2) is 35.1 Å².